The van der Waals surface area contributed by atoms with E-state index >= 15 is 0 Å². The summed E-state index contributed by atoms with van der Waals surface area (Å²) >= 11 is 5.94. The summed E-state index contributed by atoms with van der Waals surface area (Å²) in [5.41, 5.74) is -1.40. The van der Waals surface area contributed by atoms with Gasteiger partial charge in [-0.3, -0.25) is 18.9 Å². The number of aromatic amines is 1. The van der Waals surface area contributed by atoms with Crippen LogP contribution >= 0.6 is 19.4 Å². The summed E-state index contributed by atoms with van der Waals surface area (Å²) in [7, 11) is -4.72. The second kappa shape index (κ2) is 6.01. The maximum absolute atomic E-state index is 11.6. The van der Waals surface area contributed by atoms with Crippen LogP contribution in [0.15, 0.2) is 21.9 Å². The molecule has 1 aromatic rings. The molecule has 0 aromatic carbocycles. The molecule has 2 rings (SSSR count). The Morgan fingerprint density at radius 1 is 1.48 bits per heavy atom. The lowest BCUT2D eigenvalue weighted by atomic mass is 10.2. The van der Waals surface area contributed by atoms with E-state index in [1.165, 1.54) is 0 Å². The summed E-state index contributed by atoms with van der Waals surface area (Å²) in [6.45, 7) is -0.608. The Labute approximate surface area is 122 Å². The van der Waals surface area contributed by atoms with Crippen molar-refractivity contribution in [2.45, 2.75) is 23.8 Å². The first kappa shape index (κ1) is 16.4. The highest BCUT2D eigenvalue weighted by molar-refractivity contribution is 7.46. The highest BCUT2D eigenvalue weighted by atomic mass is 35.5. The Morgan fingerprint density at radius 3 is 2.71 bits per heavy atom. The van der Waals surface area contributed by atoms with Gasteiger partial charge in [-0.1, -0.05) is 0 Å². The van der Waals surface area contributed by atoms with Gasteiger partial charge in [0.25, 0.3) is 5.56 Å². The number of nitrogens with zero attached hydrogens (tertiary/aromatic N) is 1. The molecule has 4 atom stereocenters. The maximum atomic E-state index is 11.6. The molecule has 21 heavy (non-hydrogen) atoms. The van der Waals surface area contributed by atoms with E-state index in [2.05, 4.69) is 4.52 Å². The average molecular weight is 343 g/mol. The Hall–Kier alpha value is -1.00. The molecule has 12 heteroatoms. The van der Waals surface area contributed by atoms with E-state index in [4.69, 9.17) is 26.1 Å². The van der Waals surface area contributed by atoms with Crippen molar-refractivity contribution in [3.8, 4) is 0 Å². The third-order valence-electron chi connectivity index (χ3n) is 2.83. The molecule has 1 aliphatic heterocycles. The number of aliphatic hydroxyl groups excluding tert-OH is 1. The van der Waals surface area contributed by atoms with Crippen molar-refractivity contribution < 1.29 is 28.7 Å². The van der Waals surface area contributed by atoms with Crippen LogP contribution in [0.1, 0.15) is 6.23 Å². The van der Waals surface area contributed by atoms with Gasteiger partial charge >= 0.3 is 13.5 Å². The predicted molar refractivity (Wildman–Crippen MR) is 68.9 cm³/mol. The predicted octanol–water partition coefficient (Wildman–Crippen LogP) is -1.49. The first-order chi connectivity index (χ1) is 9.69. The van der Waals surface area contributed by atoms with Crippen molar-refractivity contribution in [2.75, 3.05) is 6.61 Å². The zero-order valence-corrected chi connectivity index (χ0v) is 12.0. The monoisotopic (exact) mass is 342 g/mol. The number of aromatic nitrogens is 2. The minimum Gasteiger partial charge on any atom is -0.389 e. The quantitative estimate of drug-likeness (QED) is 0.381. The molecule has 1 aliphatic rings. The molecule has 118 valence electrons. The molecule has 10 nitrogen and oxygen atoms in total. The van der Waals surface area contributed by atoms with Gasteiger partial charge in [-0.2, -0.15) is 0 Å². The highest BCUT2D eigenvalue weighted by Gasteiger charge is 2.44. The number of rotatable bonds is 4. The summed E-state index contributed by atoms with van der Waals surface area (Å²) in [5, 5.41) is 8.78. The van der Waals surface area contributed by atoms with Crippen LogP contribution in [0.3, 0.4) is 0 Å². The Morgan fingerprint density at radius 2 is 2.14 bits per heavy atom. The van der Waals surface area contributed by atoms with Crippen LogP contribution in [0.5, 0.6) is 0 Å². The van der Waals surface area contributed by atoms with E-state index in [1.54, 1.807) is 0 Å². The van der Waals surface area contributed by atoms with E-state index in [9.17, 15) is 19.3 Å². The van der Waals surface area contributed by atoms with Gasteiger partial charge in [0.2, 0.25) is 0 Å². The van der Waals surface area contributed by atoms with Gasteiger partial charge in [-0.05, 0) is 0 Å². The van der Waals surface area contributed by atoms with E-state index in [1.807, 2.05) is 4.98 Å². The van der Waals surface area contributed by atoms with Crippen molar-refractivity contribution in [3.05, 3.63) is 33.1 Å². The first-order valence-electron chi connectivity index (χ1n) is 5.68. The van der Waals surface area contributed by atoms with E-state index in [-0.39, 0.29) is 0 Å². The van der Waals surface area contributed by atoms with Crippen LogP contribution < -0.4 is 11.2 Å². The summed E-state index contributed by atoms with van der Waals surface area (Å²) in [6, 6.07) is 1.07. The number of halogens is 1. The molecule has 1 saturated heterocycles. The molecule has 0 bridgehead atoms. The van der Waals surface area contributed by atoms with E-state index < -0.39 is 49.5 Å². The Balaban J connectivity index is 2.18. The van der Waals surface area contributed by atoms with Gasteiger partial charge in [0.15, 0.2) is 6.23 Å². The van der Waals surface area contributed by atoms with Crippen LogP contribution in [0, 0.1) is 0 Å². The fourth-order valence-electron chi connectivity index (χ4n) is 1.86. The molecule has 0 saturated carbocycles. The summed E-state index contributed by atoms with van der Waals surface area (Å²) in [5.74, 6) is 0. The minimum atomic E-state index is -4.72. The molecular weight excluding hydrogens is 331 g/mol. The molecule has 2 heterocycles. The number of aliphatic hydroxyl groups is 1. The molecule has 0 spiro atoms. The van der Waals surface area contributed by atoms with Crippen molar-refractivity contribution in [3.63, 3.8) is 0 Å². The van der Waals surface area contributed by atoms with Gasteiger partial charge < -0.3 is 19.6 Å². The summed E-state index contributed by atoms with van der Waals surface area (Å²) in [4.78, 5) is 41.8. The van der Waals surface area contributed by atoms with Crippen molar-refractivity contribution >= 4 is 19.4 Å². The van der Waals surface area contributed by atoms with Crippen molar-refractivity contribution in [1.29, 1.82) is 0 Å². The standard InChI is InChI=1S/C9H12ClN2O8P/c10-6-7(14)4(3-19-21(16,17)18)20-8(6)12-2-1-5(13)11-9(12)15/h1-2,4,6-8,14H,3H2,(H,11,13,15)(H2,16,17,18)/t4-,6?,7-,8-/m1/s1. The lowest BCUT2D eigenvalue weighted by molar-refractivity contribution is -0.0449. The number of alkyl halides is 1. The molecule has 0 aliphatic carbocycles. The number of hydrogen-bond donors (Lipinski definition) is 4. The Bertz CT molecular complexity index is 668. The zero-order valence-electron chi connectivity index (χ0n) is 10.3. The summed E-state index contributed by atoms with van der Waals surface area (Å²) < 4.78 is 21.1. The van der Waals surface area contributed by atoms with Crippen molar-refractivity contribution in [1.82, 2.24) is 9.55 Å². The number of phosphoric ester groups is 1. The molecule has 0 amide bonds. The van der Waals surface area contributed by atoms with Crippen LogP contribution in [0.2, 0.25) is 0 Å². The lowest BCUT2D eigenvalue weighted by Gasteiger charge is -2.16. The van der Waals surface area contributed by atoms with Crippen LogP contribution in [-0.2, 0) is 13.8 Å². The fourth-order valence-corrected chi connectivity index (χ4v) is 2.55. The second-order valence-electron chi connectivity index (χ2n) is 4.30. The third kappa shape index (κ3) is 3.80. The normalized spacial score (nSPS) is 29.7. The van der Waals surface area contributed by atoms with Crippen LogP contribution in [0.4, 0.5) is 0 Å². The smallest absolute Gasteiger partial charge is 0.389 e. The number of phosphoric acid groups is 1. The lowest BCUT2D eigenvalue weighted by Crippen LogP contribution is -2.35. The Kier molecular flexibility index (Phi) is 4.69. The average Bonchev–Trinajstić information content (AvgIpc) is 2.64. The number of nitrogens with one attached hydrogen (secondary N) is 1. The molecule has 1 aromatic heterocycles. The van der Waals surface area contributed by atoms with Crippen LogP contribution in [-0.4, -0.2) is 48.6 Å². The largest absolute Gasteiger partial charge is 0.469 e. The van der Waals surface area contributed by atoms with E-state index in [0.717, 1.165) is 16.8 Å². The topological polar surface area (TPSA) is 151 Å². The fraction of sp³-hybridized carbons (Fsp3) is 0.556. The molecule has 1 fully saturated rings. The minimum absolute atomic E-state index is 0.608. The van der Waals surface area contributed by atoms with Gasteiger partial charge in [-0.15, -0.1) is 11.6 Å². The molecule has 4 N–H and O–H groups in total. The zero-order chi connectivity index (χ0) is 15.8. The van der Waals surface area contributed by atoms with Gasteiger partial charge in [0, 0.05) is 12.3 Å². The first-order valence-corrected chi connectivity index (χ1v) is 7.65. The highest BCUT2D eigenvalue weighted by Crippen LogP contribution is 2.39. The second-order valence-corrected chi connectivity index (χ2v) is 6.05. The third-order valence-corrected chi connectivity index (χ3v) is 3.79. The maximum Gasteiger partial charge on any atom is 0.469 e. The number of ether oxygens (including phenoxy) is 1. The SMILES string of the molecule is O=c1ccn([C@@H]2O[C@H](COP(=O)(O)O)[C@@H](O)C2Cl)c(=O)[nH]1. The van der Waals surface area contributed by atoms with E-state index in [0.29, 0.717) is 0 Å². The van der Waals surface area contributed by atoms with Gasteiger partial charge in [-0.25, -0.2) is 9.36 Å². The van der Waals surface area contributed by atoms with Crippen molar-refractivity contribution in [2.24, 2.45) is 0 Å². The van der Waals surface area contributed by atoms with Gasteiger partial charge in [0.05, 0.1) is 6.61 Å². The number of H-pyrrole nitrogens is 1. The van der Waals surface area contributed by atoms with Gasteiger partial charge in [0.1, 0.15) is 17.6 Å². The molecule has 1 unspecified atom stereocenters. The van der Waals surface area contributed by atoms with Crippen LogP contribution in [0.25, 0.3) is 0 Å². The number of hydrogen-bond acceptors (Lipinski definition) is 6. The summed E-state index contributed by atoms with van der Waals surface area (Å²) in [6.07, 6.45) is -2.43. The molecular formula is C9H12ClN2O8P. The molecule has 0 radical (unpaired) electrons.